The van der Waals surface area contributed by atoms with E-state index in [4.69, 9.17) is 18.9 Å². The summed E-state index contributed by atoms with van der Waals surface area (Å²) < 4.78 is 21.1. The van der Waals surface area contributed by atoms with E-state index in [1.165, 1.54) is 0 Å². The van der Waals surface area contributed by atoms with Gasteiger partial charge in [-0.15, -0.1) is 0 Å². The van der Waals surface area contributed by atoms with Crippen LogP contribution in [0.15, 0.2) is 36.1 Å². The molecule has 2 aromatic carbocycles. The van der Waals surface area contributed by atoms with Crippen molar-refractivity contribution in [1.82, 2.24) is 0 Å². The molecule has 0 N–H and O–H groups in total. The van der Waals surface area contributed by atoms with E-state index in [1.54, 1.807) is 38.1 Å². The molecule has 0 saturated carbocycles. The molecule has 1 heterocycles. The first-order chi connectivity index (χ1) is 12.1. The van der Waals surface area contributed by atoms with Gasteiger partial charge < -0.3 is 18.9 Å². The predicted molar refractivity (Wildman–Crippen MR) is 91.3 cm³/mol. The molecule has 0 fully saturated rings. The molecule has 130 valence electrons. The first-order valence-corrected chi connectivity index (χ1v) is 8.04. The van der Waals surface area contributed by atoms with Crippen molar-refractivity contribution in [3.63, 3.8) is 0 Å². The molecular weight excluding hydrogens is 324 g/mol. The maximum atomic E-state index is 11.9. The van der Waals surface area contributed by atoms with Gasteiger partial charge in [0.05, 0.1) is 13.2 Å². The second-order valence-electron chi connectivity index (χ2n) is 5.26. The van der Waals surface area contributed by atoms with Crippen molar-refractivity contribution in [2.75, 3.05) is 19.8 Å². The van der Waals surface area contributed by atoms with E-state index < -0.39 is 11.9 Å². The summed E-state index contributed by atoms with van der Waals surface area (Å²) in [5.74, 6) is 0.295. The molecule has 0 aromatic heterocycles. The molecule has 25 heavy (non-hydrogen) atoms. The van der Waals surface area contributed by atoms with E-state index in [-0.39, 0.29) is 19.0 Å². The molecule has 6 heteroatoms. The second-order valence-corrected chi connectivity index (χ2v) is 5.26. The van der Waals surface area contributed by atoms with Crippen LogP contribution in [0.1, 0.15) is 19.4 Å². The van der Waals surface area contributed by atoms with Crippen molar-refractivity contribution < 1.29 is 28.5 Å². The highest BCUT2D eigenvalue weighted by Crippen LogP contribution is 2.39. The van der Waals surface area contributed by atoms with Gasteiger partial charge in [-0.1, -0.05) is 18.2 Å². The highest BCUT2D eigenvalue weighted by molar-refractivity contribution is 6.04. The zero-order valence-electron chi connectivity index (χ0n) is 14.0. The monoisotopic (exact) mass is 342 g/mol. The lowest BCUT2D eigenvalue weighted by atomic mass is 10.00. The lowest BCUT2D eigenvalue weighted by Crippen LogP contribution is -2.16. The summed E-state index contributed by atoms with van der Waals surface area (Å²) in [5, 5.41) is 1.61. The van der Waals surface area contributed by atoms with Crippen molar-refractivity contribution in [3.8, 4) is 11.5 Å². The minimum Gasteiger partial charge on any atom is -0.481 e. The number of hydrogen-bond donors (Lipinski definition) is 0. The number of benzene rings is 2. The van der Waals surface area contributed by atoms with Crippen LogP contribution in [0, 0.1) is 0 Å². The number of esters is 2. The Hall–Kier alpha value is -3.02. The Morgan fingerprint density at radius 2 is 1.84 bits per heavy atom. The molecule has 1 aliphatic heterocycles. The van der Waals surface area contributed by atoms with E-state index in [0.717, 1.165) is 16.3 Å². The Balaban J connectivity index is 1.95. The van der Waals surface area contributed by atoms with Crippen LogP contribution >= 0.6 is 0 Å². The predicted octanol–water partition coefficient (Wildman–Crippen LogP) is 3.08. The van der Waals surface area contributed by atoms with Crippen LogP contribution in [-0.4, -0.2) is 31.8 Å². The number of hydrogen-bond acceptors (Lipinski definition) is 6. The minimum absolute atomic E-state index is 0.141. The van der Waals surface area contributed by atoms with E-state index in [2.05, 4.69) is 0 Å². The van der Waals surface area contributed by atoms with Crippen LogP contribution in [0.4, 0.5) is 0 Å². The van der Waals surface area contributed by atoms with Gasteiger partial charge in [-0.2, -0.15) is 0 Å². The van der Waals surface area contributed by atoms with Crippen molar-refractivity contribution in [2.24, 2.45) is 0 Å². The van der Waals surface area contributed by atoms with Crippen molar-refractivity contribution in [2.45, 2.75) is 13.8 Å². The van der Waals surface area contributed by atoms with Crippen LogP contribution in [-0.2, 0) is 19.1 Å². The molecule has 3 rings (SSSR count). The molecule has 2 aromatic rings. The second kappa shape index (κ2) is 7.25. The Morgan fingerprint density at radius 3 is 2.60 bits per heavy atom. The molecule has 0 amide bonds. The van der Waals surface area contributed by atoms with E-state index >= 15 is 0 Å². The zero-order chi connectivity index (χ0) is 17.8. The Morgan fingerprint density at radius 1 is 1.04 bits per heavy atom. The number of carbonyl (C=O) groups is 2. The van der Waals surface area contributed by atoms with Gasteiger partial charge in [-0.05, 0) is 37.6 Å². The topological polar surface area (TPSA) is 71.1 Å². The average Bonchev–Trinajstić information content (AvgIpc) is 2.61. The molecule has 6 nitrogen and oxygen atoms in total. The largest absolute Gasteiger partial charge is 0.481 e. The Bertz CT molecular complexity index is 852. The molecule has 0 bridgehead atoms. The third-order valence-electron chi connectivity index (χ3n) is 3.63. The van der Waals surface area contributed by atoms with Crippen molar-refractivity contribution >= 4 is 28.8 Å². The van der Waals surface area contributed by atoms with Gasteiger partial charge in [-0.25, -0.2) is 9.59 Å². The van der Waals surface area contributed by atoms with Gasteiger partial charge >= 0.3 is 11.9 Å². The van der Waals surface area contributed by atoms with E-state index in [0.29, 0.717) is 18.1 Å². The number of rotatable bonds is 6. The smallest absolute Gasteiger partial charge is 0.374 e. The van der Waals surface area contributed by atoms with Crippen LogP contribution in [0.3, 0.4) is 0 Å². The lowest BCUT2D eigenvalue weighted by Gasteiger charge is -2.19. The third kappa shape index (κ3) is 3.42. The minimum atomic E-state index is -0.507. The first kappa shape index (κ1) is 16.8. The van der Waals surface area contributed by atoms with Crippen LogP contribution < -0.4 is 9.47 Å². The molecule has 1 aliphatic rings. The van der Waals surface area contributed by atoms with E-state index in [9.17, 15) is 9.59 Å². The molecule has 0 radical (unpaired) electrons. The molecular formula is C19H18O6. The number of carbonyl (C=O) groups excluding carboxylic acids is 2. The maximum absolute atomic E-state index is 11.9. The highest BCUT2D eigenvalue weighted by atomic mass is 16.6. The summed E-state index contributed by atoms with van der Waals surface area (Å²) in [6.07, 6.45) is 1.64. The Kier molecular flexibility index (Phi) is 4.88. The van der Waals surface area contributed by atoms with Gasteiger partial charge in [0.1, 0.15) is 11.5 Å². The highest BCUT2D eigenvalue weighted by Gasteiger charge is 2.22. The quantitative estimate of drug-likeness (QED) is 0.751. The standard InChI is InChI=1S/C19H18O6/c1-3-22-17(20)11-24-14-9-8-12-10-16(19(21)23-4-2)25-15-7-5-6-13(14)18(12)15/h5-10H,3-4,11H2,1-2H3. The van der Waals surface area contributed by atoms with Gasteiger partial charge in [0.15, 0.2) is 6.61 Å². The van der Waals surface area contributed by atoms with Crippen LogP contribution in [0.25, 0.3) is 16.8 Å². The maximum Gasteiger partial charge on any atom is 0.374 e. The fourth-order valence-electron chi connectivity index (χ4n) is 2.64. The summed E-state index contributed by atoms with van der Waals surface area (Å²) in [4.78, 5) is 23.4. The normalized spacial score (nSPS) is 12.2. The summed E-state index contributed by atoms with van der Waals surface area (Å²) in [6.45, 7) is 3.89. The van der Waals surface area contributed by atoms with Crippen molar-refractivity contribution in [1.29, 1.82) is 0 Å². The van der Waals surface area contributed by atoms with E-state index in [1.807, 2.05) is 12.1 Å². The fraction of sp³-hybridized carbons (Fsp3) is 0.263. The van der Waals surface area contributed by atoms with Gasteiger partial charge in [0.2, 0.25) is 5.76 Å². The van der Waals surface area contributed by atoms with Crippen molar-refractivity contribution in [3.05, 3.63) is 41.7 Å². The van der Waals surface area contributed by atoms with Crippen LogP contribution in [0.2, 0.25) is 0 Å². The van der Waals surface area contributed by atoms with Crippen LogP contribution in [0.5, 0.6) is 11.5 Å². The van der Waals surface area contributed by atoms with Gasteiger partial charge in [0.25, 0.3) is 0 Å². The summed E-state index contributed by atoms with van der Waals surface area (Å²) in [5.41, 5.74) is 0.823. The molecule has 0 unspecified atom stereocenters. The molecule has 0 saturated heterocycles. The van der Waals surface area contributed by atoms with Gasteiger partial charge in [-0.3, -0.25) is 0 Å². The Labute approximate surface area is 144 Å². The molecule has 0 spiro atoms. The molecule has 0 aliphatic carbocycles. The van der Waals surface area contributed by atoms with Gasteiger partial charge in [0, 0.05) is 10.8 Å². The SMILES string of the molecule is CCOC(=O)COc1ccc2c3c(cccc13)OC(C(=O)OCC)=C2. The fourth-order valence-corrected chi connectivity index (χ4v) is 2.64. The summed E-state index contributed by atoms with van der Waals surface area (Å²) in [7, 11) is 0. The summed E-state index contributed by atoms with van der Waals surface area (Å²) in [6, 6.07) is 9.01. The lowest BCUT2D eigenvalue weighted by molar-refractivity contribution is -0.145. The third-order valence-corrected chi connectivity index (χ3v) is 3.63. The molecule has 0 atom stereocenters. The first-order valence-electron chi connectivity index (χ1n) is 8.04. The summed E-state index contributed by atoms with van der Waals surface area (Å²) >= 11 is 0. The number of ether oxygens (including phenoxy) is 4. The average molecular weight is 342 g/mol. The zero-order valence-corrected chi connectivity index (χ0v) is 14.0.